The van der Waals surface area contributed by atoms with Gasteiger partial charge in [0.2, 0.25) is 0 Å². The van der Waals surface area contributed by atoms with Crippen molar-refractivity contribution >= 4 is 29.6 Å². The summed E-state index contributed by atoms with van der Waals surface area (Å²) in [6.07, 6.45) is 4.00. The summed E-state index contributed by atoms with van der Waals surface area (Å²) in [5, 5.41) is 11.4. The number of carbonyl (C=O) groups is 1. The smallest absolute Gasteiger partial charge is 0.410 e. The van der Waals surface area contributed by atoms with E-state index in [9.17, 15) is 4.79 Å². The molecule has 9 nitrogen and oxygen atoms in total. The number of carbonyl (C=O) groups excluding carboxylic acids is 1. The predicted molar refractivity (Wildman–Crippen MR) is 138 cm³/mol. The van der Waals surface area contributed by atoms with E-state index in [0.717, 1.165) is 55.0 Å². The van der Waals surface area contributed by atoms with Crippen LogP contribution >= 0.6 is 0 Å². The van der Waals surface area contributed by atoms with E-state index in [2.05, 4.69) is 33.2 Å². The summed E-state index contributed by atoms with van der Waals surface area (Å²) in [4.78, 5) is 25.4. The number of anilines is 3. The van der Waals surface area contributed by atoms with E-state index < -0.39 is 5.60 Å². The van der Waals surface area contributed by atoms with E-state index in [0.29, 0.717) is 30.8 Å². The second kappa shape index (κ2) is 10.1. The Kier molecular flexibility index (Phi) is 7.14. The Hall–Kier alpha value is -3.36. The lowest BCUT2D eigenvalue weighted by Crippen LogP contribution is -2.41. The molecule has 1 aromatic carbocycles. The summed E-state index contributed by atoms with van der Waals surface area (Å²) >= 11 is 0. The Morgan fingerprint density at radius 1 is 1.14 bits per heavy atom. The SMILES string of the molecule is COc1nc(Nc2cc(C3CCN(C(=O)OC(C)(C)C)CC3)c(C)cc2C=N)cc(N2CCC2)n1. The van der Waals surface area contributed by atoms with Crippen LogP contribution in [0.5, 0.6) is 6.01 Å². The van der Waals surface area contributed by atoms with Crippen molar-refractivity contribution in [2.45, 2.75) is 58.5 Å². The Morgan fingerprint density at radius 2 is 1.86 bits per heavy atom. The molecule has 2 N–H and O–H groups in total. The van der Waals surface area contributed by atoms with Gasteiger partial charge in [-0.1, -0.05) is 0 Å². The summed E-state index contributed by atoms with van der Waals surface area (Å²) in [5.41, 5.74) is 3.50. The van der Waals surface area contributed by atoms with Gasteiger partial charge in [-0.2, -0.15) is 9.97 Å². The maximum Gasteiger partial charge on any atom is 0.410 e. The second-order valence-corrected chi connectivity index (χ2v) is 10.2. The van der Waals surface area contributed by atoms with Crippen molar-refractivity contribution in [1.29, 1.82) is 5.41 Å². The summed E-state index contributed by atoms with van der Waals surface area (Å²) in [6, 6.07) is 6.41. The number of nitrogens with zero attached hydrogens (tertiary/aromatic N) is 4. The predicted octanol–water partition coefficient (Wildman–Crippen LogP) is 4.86. The summed E-state index contributed by atoms with van der Waals surface area (Å²) in [6.45, 7) is 11.0. The van der Waals surface area contributed by atoms with Crippen LogP contribution in [-0.2, 0) is 4.74 Å². The molecule has 35 heavy (non-hydrogen) atoms. The first-order valence-corrected chi connectivity index (χ1v) is 12.2. The molecule has 2 saturated heterocycles. The van der Waals surface area contributed by atoms with Gasteiger partial charge in [-0.25, -0.2) is 4.79 Å². The topological polar surface area (TPSA) is 104 Å². The van der Waals surface area contributed by atoms with Crippen LogP contribution in [0.15, 0.2) is 18.2 Å². The van der Waals surface area contributed by atoms with Crippen LogP contribution in [0.1, 0.15) is 62.6 Å². The minimum atomic E-state index is -0.493. The minimum absolute atomic E-state index is 0.245. The van der Waals surface area contributed by atoms with Gasteiger partial charge < -0.3 is 30.0 Å². The van der Waals surface area contributed by atoms with E-state index in [4.69, 9.17) is 14.9 Å². The highest BCUT2D eigenvalue weighted by Crippen LogP contribution is 2.35. The largest absolute Gasteiger partial charge is 0.467 e. The van der Waals surface area contributed by atoms with Gasteiger partial charge in [0.05, 0.1) is 7.11 Å². The van der Waals surface area contributed by atoms with Crippen LogP contribution in [0, 0.1) is 12.3 Å². The summed E-state index contributed by atoms with van der Waals surface area (Å²) in [7, 11) is 1.57. The van der Waals surface area contributed by atoms with E-state index in [-0.39, 0.29) is 6.09 Å². The number of likely N-dealkylation sites (tertiary alicyclic amines) is 1. The van der Waals surface area contributed by atoms with Gasteiger partial charge in [-0.15, -0.1) is 0 Å². The van der Waals surface area contributed by atoms with Crippen molar-refractivity contribution < 1.29 is 14.3 Å². The third-order valence-corrected chi connectivity index (χ3v) is 6.50. The minimum Gasteiger partial charge on any atom is -0.467 e. The molecule has 0 bridgehead atoms. The molecule has 1 amide bonds. The highest BCUT2D eigenvalue weighted by molar-refractivity contribution is 5.88. The first kappa shape index (κ1) is 24.8. The maximum atomic E-state index is 12.5. The van der Waals surface area contributed by atoms with Crippen molar-refractivity contribution in [3.8, 4) is 6.01 Å². The number of aryl methyl sites for hydroxylation is 1. The number of amides is 1. The van der Waals surface area contributed by atoms with Gasteiger partial charge in [-0.3, -0.25) is 0 Å². The lowest BCUT2D eigenvalue weighted by atomic mass is 9.85. The molecule has 2 aliphatic rings. The zero-order valence-corrected chi connectivity index (χ0v) is 21.4. The van der Waals surface area contributed by atoms with Gasteiger partial charge in [-0.05, 0) is 76.1 Å². The number of rotatable bonds is 6. The van der Waals surface area contributed by atoms with E-state index in [1.165, 1.54) is 11.8 Å². The fraction of sp³-hybridized carbons (Fsp3) is 0.538. The van der Waals surface area contributed by atoms with Crippen molar-refractivity contribution in [1.82, 2.24) is 14.9 Å². The number of aromatic nitrogens is 2. The zero-order chi connectivity index (χ0) is 25.2. The fourth-order valence-electron chi connectivity index (χ4n) is 4.53. The highest BCUT2D eigenvalue weighted by atomic mass is 16.6. The number of benzene rings is 1. The molecule has 0 spiro atoms. The number of methoxy groups -OCH3 is 1. The number of hydrogen-bond acceptors (Lipinski definition) is 8. The molecule has 2 aliphatic heterocycles. The van der Waals surface area contributed by atoms with Gasteiger partial charge in [0.25, 0.3) is 0 Å². The molecule has 2 fully saturated rings. The monoisotopic (exact) mass is 480 g/mol. The van der Waals surface area contributed by atoms with E-state index >= 15 is 0 Å². The molecule has 0 radical (unpaired) electrons. The lowest BCUT2D eigenvalue weighted by Gasteiger charge is -2.34. The molecular weight excluding hydrogens is 444 g/mol. The molecule has 2 aromatic rings. The molecule has 188 valence electrons. The molecule has 3 heterocycles. The first-order chi connectivity index (χ1) is 16.7. The van der Waals surface area contributed by atoms with Crippen LogP contribution in [0.2, 0.25) is 0 Å². The van der Waals surface area contributed by atoms with Crippen LogP contribution in [-0.4, -0.2) is 66.1 Å². The normalized spacial score (nSPS) is 16.5. The zero-order valence-electron chi connectivity index (χ0n) is 21.4. The lowest BCUT2D eigenvalue weighted by molar-refractivity contribution is 0.0205. The van der Waals surface area contributed by atoms with Crippen molar-refractivity contribution in [2.75, 3.05) is 43.5 Å². The van der Waals surface area contributed by atoms with Crippen LogP contribution in [0.4, 0.5) is 22.1 Å². The van der Waals surface area contributed by atoms with Gasteiger partial charge >= 0.3 is 12.1 Å². The Balaban J connectivity index is 1.53. The number of ether oxygens (including phenoxy) is 2. The average Bonchev–Trinajstić information content (AvgIpc) is 2.77. The number of nitrogens with one attached hydrogen (secondary N) is 2. The van der Waals surface area contributed by atoms with Crippen molar-refractivity contribution in [3.63, 3.8) is 0 Å². The average molecular weight is 481 g/mol. The van der Waals surface area contributed by atoms with Crippen LogP contribution in [0.25, 0.3) is 0 Å². The second-order valence-electron chi connectivity index (χ2n) is 10.2. The van der Waals surface area contributed by atoms with Crippen LogP contribution in [0.3, 0.4) is 0 Å². The van der Waals surface area contributed by atoms with Crippen molar-refractivity contribution in [2.24, 2.45) is 0 Å². The summed E-state index contributed by atoms with van der Waals surface area (Å²) in [5.74, 6) is 1.80. The van der Waals surface area contributed by atoms with E-state index in [1.807, 2.05) is 32.9 Å². The van der Waals surface area contributed by atoms with Crippen molar-refractivity contribution in [3.05, 3.63) is 34.9 Å². The van der Waals surface area contributed by atoms with E-state index in [1.54, 1.807) is 12.0 Å². The van der Waals surface area contributed by atoms with Crippen LogP contribution < -0.4 is 15.0 Å². The molecule has 1 aromatic heterocycles. The van der Waals surface area contributed by atoms with Gasteiger partial charge in [0.15, 0.2) is 0 Å². The molecule has 0 saturated carbocycles. The Morgan fingerprint density at radius 3 is 2.43 bits per heavy atom. The molecule has 9 heteroatoms. The highest BCUT2D eigenvalue weighted by Gasteiger charge is 2.28. The molecule has 0 aliphatic carbocycles. The first-order valence-electron chi connectivity index (χ1n) is 12.2. The Bertz CT molecular complexity index is 1090. The Labute approximate surface area is 207 Å². The maximum absolute atomic E-state index is 12.5. The third-order valence-electron chi connectivity index (χ3n) is 6.50. The molecular formula is C26H36N6O3. The number of hydrogen-bond donors (Lipinski definition) is 2. The van der Waals surface area contributed by atoms with Gasteiger partial charge in [0, 0.05) is 49.7 Å². The molecule has 0 atom stereocenters. The number of piperidine rings is 1. The fourth-order valence-corrected chi connectivity index (χ4v) is 4.53. The third kappa shape index (κ3) is 5.83. The van der Waals surface area contributed by atoms with Gasteiger partial charge in [0.1, 0.15) is 17.2 Å². The molecule has 4 rings (SSSR count). The molecule has 0 unspecified atom stereocenters. The standard InChI is InChI=1S/C26H36N6O3/c1-17-13-19(16-27)21(28-22-15-23(31-9-6-10-31)30-24(29-22)34-5)14-20(17)18-7-11-32(12-8-18)25(33)35-26(2,3)4/h13-16,18,27H,6-12H2,1-5H3,(H,28,29,30). The summed E-state index contributed by atoms with van der Waals surface area (Å²) < 4.78 is 10.9. The quantitative estimate of drug-likeness (QED) is 0.569.